The van der Waals surface area contributed by atoms with E-state index < -0.39 is 138 Å². The molecule has 0 rings (SSSR count). The van der Waals surface area contributed by atoms with Crippen molar-refractivity contribution in [3.8, 4) is 0 Å². The molecule has 69 heavy (non-hydrogen) atoms. The van der Waals surface area contributed by atoms with Crippen LogP contribution in [0.5, 0.6) is 0 Å². The highest BCUT2D eigenvalue weighted by atomic mass is 32.3. The van der Waals surface area contributed by atoms with Crippen molar-refractivity contribution in [3.63, 3.8) is 0 Å². The summed E-state index contributed by atoms with van der Waals surface area (Å²) >= 11 is 0. The molecule has 0 spiro atoms. The van der Waals surface area contributed by atoms with Gasteiger partial charge in [0.15, 0.2) is 0 Å². The van der Waals surface area contributed by atoms with Crippen molar-refractivity contribution in [2.24, 2.45) is 0 Å². The third-order valence-corrected chi connectivity index (χ3v) is 11.0. The van der Waals surface area contributed by atoms with E-state index in [-0.39, 0.29) is 0 Å². The molecule has 0 N–H and O–H groups in total. The molecule has 0 amide bonds. The van der Waals surface area contributed by atoms with Crippen LogP contribution in [0.2, 0.25) is 0 Å². The van der Waals surface area contributed by atoms with Crippen LogP contribution in [0.3, 0.4) is 0 Å². The predicted molar refractivity (Wildman–Crippen MR) is 120 cm³/mol. The molecule has 0 bridgehead atoms. The van der Waals surface area contributed by atoms with Crippen LogP contribution in [0.4, 0.5) is 184 Å². The largest absolute Gasteiger partial charge is 0.460 e. The van der Waals surface area contributed by atoms with Gasteiger partial charge in [-0.1, -0.05) is 0 Å². The average Bonchev–Trinajstić information content (AvgIpc) is 3.08. The molecular formula is C20F42O5S2. The van der Waals surface area contributed by atoms with Gasteiger partial charge >= 0.3 is 138 Å². The Morgan fingerprint density at radius 1 is 0.174 bits per heavy atom. The highest BCUT2D eigenvalue weighted by molar-refractivity contribution is 8.01. The summed E-state index contributed by atoms with van der Waals surface area (Å²) in [5.41, 5.74) is 0. The number of rotatable bonds is 20. The highest BCUT2D eigenvalue weighted by Crippen LogP contribution is 2.69. The van der Waals surface area contributed by atoms with E-state index in [2.05, 4.69) is 0 Å². The number of halogens is 42. The number of hydrogen-bond acceptors (Lipinski definition) is 5. The summed E-state index contributed by atoms with van der Waals surface area (Å²) < 4.78 is 611. The van der Waals surface area contributed by atoms with Gasteiger partial charge in [-0.2, -0.15) is 201 Å². The lowest BCUT2D eigenvalue weighted by Gasteiger charge is -2.45. The molecule has 0 radical (unpaired) electrons. The minimum absolute atomic E-state index is 0.841. The van der Waals surface area contributed by atoms with Crippen molar-refractivity contribution in [3.05, 3.63) is 0 Å². The van der Waals surface area contributed by atoms with Gasteiger partial charge in [0.25, 0.3) is 0 Å². The fourth-order valence-electron chi connectivity index (χ4n) is 3.60. The Balaban J connectivity index is 7.85. The number of hydrogen-bond donors (Lipinski definition) is 0. The zero-order chi connectivity index (χ0) is 57.7. The highest BCUT2D eigenvalue weighted by Gasteiger charge is 3.01. The Kier molecular flexibility index (Phi) is 15.0. The first-order valence-electron chi connectivity index (χ1n) is 13.8. The molecular weight excluding hydrogens is 1180 g/mol. The van der Waals surface area contributed by atoms with Crippen molar-refractivity contribution >= 4 is 20.2 Å². The van der Waals surface area contributed by atoms with Crippen molar-refractivity contribution in [1.82, 2.24) is 0 Å². The minimum Gasteiger partial charge on any atom is -0.192 e. The normalized spacial score (nSPS) is 17.4. The van der Waals surface area contributed by atoms with Crippen molar-refractivity contribution < 1.29 is 205 Å². The minimum atomic E-state index is -10.5. The summed E-state index contributed by atoms with van der Waals surface area (Å²) in [6, 6.07) is 0. The van der Waals surface area contributed by atoms with Gasteiger partial charge in [0, 0.05) is 0 Å². The summed E-state index contributed by atoms with van der Waals surface area (Å²) in [6.07, 6.45) is -17.0. The quantitative estimate of drug-likeness (QED) is 0.114. The second-order valence-corrected chi connectivity index (χ2v) is 15.6. The molecule has 416 valence electrons. The molecule has 0 saturated heterocycles. The van der Waals surface area contributed by atoms with Crippen LogP contribution in [0.15, 0.2) is 0 Å². The van der Waals surface area contributed by atoms with Crippen LogP contribution in [0.25, 0.3) is 0 Å². The van der Waals surface area contributed by atoms with Gasteiger partial charge in [0.1, 0.15) is 0 Å². The van der Waals surface area contributed by atoms with Crippen LogP contribution in [0, 0.1) is 0 Å². The molecule has 0 atom stereocenters. The molecule has 0 aliphatic heterocycles. The van der Waals surface area contributed by atoms with E-state index in [9.17, 15) is 201 Å². The molecule has 0 aromatic carbocycles. The Bertz CT molecular complexity index is 2140. The van der Waals surface area contributed by atoms with Crippen molar-refractivity contribution in [2.45, 2.75) is 118 Å². The molecule has 0 aromatic rings. The maximum absolute atomic E-state index is 14.1. The van der Waals surface area contributed by atoms with Gasteiger partial charge < -0.3 is 0 Å². The zero-order valence-electron chi connectivity index (χ0n) is 28.7. The Morgan fingerprint density at radius 2 is 0.275 bits per heavy atom. The first kappa shape index (κ1) is 65.9. The van der Waals surface area contributed by atoms with Crippen LogP contribution in [-0.2, 0) is 23.9 Å². The van der Waals surface area contributed by atoms with E-state index in [0.717, 1.165) is 3.63 Å². The monoisotopic (exact) mass is 1180 g/mol. The lowest BCUT2D eigenvalue weighted by molar-refractivity contribution is -0.480. The predicted octanol–water partition coefficient (Wildman–Crippen LogP) is 12.1. The molecule has 0 aliphatic carbocycles. The summed E-state index contributed by atoms with van der Waals surface area (Å²) in [7, 11) is -20.9. The smallest absolute Gasteiger partial charge is 0.192 e. The second-order valence-electron chi connectivity index (χ2n) is 12.2. The molecule has 0 heterocycles. The van der Waals surface area contributed by atoms with Crippen LogP contribution >= 0.6 is 0 Å². The molecule has 0 unspecified atom stereocenters. The Labute approximate surface area is 343 Å². The van der Waals surface area contributed by atoms with E-state index in [0.29, 0.717) is 0 Å². The summed E-state index contributed by atoms with van der Waals surface area (Å²) in [6.45, 7) is 0. The first-order valence-corrected chi connectivity index (χ1v) is 16.7. The van der Waals surface area contributed by atoms with Crippen LogP contribution in [-0.4, -0.2) is 134 Å². The molecule has 0 fully saturated rings. The van der Waals surface area contributed by atoms with E-state index in [1.54, 1.807) is 0 Å². The van der Waals surface area contributed by atoms with Crippen molar-refractivity contribution in [2.75, 3.05) is 0 Å². The topological polar surface area (TPSA) is 77.5 Å². The second kappa shape index (κ2) is 15.7. The molecule has 5 nitrogen and oxygen atoms in total. The standard InChI is InChI=1S/C20F42O5S2/c21-1(22,3(25,26)5(29,30)9(37,38)13(45,46)17(53,54)55)2(23,24)4(27,28)7(33,34)11(41,42)15(49,50)19(59,60)68(63,64)67-69(65,66)20(61,62)16(51,52)12(43,44)8(35,36)6(31,32)10(39,40)14(47,48)18(56,57)58. The van der Waals surface area contributed by atoms with Gasteiger partial charge in [0.05, 0.1) is 0 Å². The molecule has 0 saturated carbocycles. The molecule has 49 heteroatoms. The van der Waals surface area contributed by atoms with E-state index in [1.807, 2.05) is 0 Å². The fourth-order valence-corrected chi connectivity index (χ4v) is 6.12. The number of alkyl halides is 42. The van der Waals surface area contributed by atoms with E-state index in [4.69, 9.17) is 0 Å². The molecule has 0 aliphatic rings. The van der Waals surface area contributed by atoms with E-state index in [1.165, 1.54) is 0 Å². The van der Waals surface area contributed by atoms with Gasteiger partial charge in [-0.15, -0.1) is 3.63 Å². The lowest BCUT2D eigenvalue weighted by Crippen LogP contribution is -2.78. The fraction of sp³-hybridized carbons (Fsp3) is 1.00. The Morgan fingerprint density at radius 3 is 0.391 bits per heavy atom. The van der Waals surface area contributed by atoms with Gasteiger partial charge in [-0.05, 0) is 0 Å². The maximum atomic E-state index is 14.1. The Hall–Kier alpha value is -3.08. The van der Waals surface area contributed by atoms with Crippen LogP contribution in [0.1, 0.15) is 0 Å². The first-order chi connectivity index (χ1) is 28.7. The third kappa shape index (κ3) is 7.68. The SMILES string of the molecule is O=S(=O)(OS(=O)(=O)C(F)(F)C(F)(F)C(F)(F)C(F)(F)C(F)(F)C(F)(F)C(F)(F)C(F)(F)C(F)(F)C(F)(F)C(F)(F)C(F)(F)F)C(F)(F)C(F)(F)C(F)(F)C(F)(F)C(F)(F)C(F)(F)C(F)(F)C(F)(F)F. The average molecular weight is 1180 g/mol. The van der Waals surface area contributed by atoms with Gasteiger partial charge in [-0.3, -0.25) is 0 Å². The van der Waals surface area contributed by atoms with Gasteiger partial charge in [-0.25, -0.2) is 0 Å². The van der Waals surface area contributed by atoms with E-state index >= 15 is 0 Å². The lowest BCUT2D eigenvalue weighted by atomic mass is 9.85. The zero-order valence-corrected chi connectivity index (χ0v) is 30.4. The van der Waals surface area contributed by atoms with Gasteiger partial charge in [0.2, 0.25) is 0 Å². The third-order valence-electron chi connectivity index (χ3n) is 7.77. The summed E-state index contributed by atoms with van der Waals surface area (Å²) in [5.74, 6) is -159. The molecule has 0 aromatic heterocycles. The van der Waals surface area contributed by atoms with Crippen LogP contribution < -0.4 is 0 Å². The summed E-state index contributed by atoms with van der Waals surface area (Å²) in [4.78, 5) is 0. The van der Waals surface area contributed by atoms with Crippen molar-refractivity contribution in [1.29, 1.82) is 0 Å². The maximum Gasteiger partial charge on any atom is 0.460 e. The summed E-state index contributed by atoms with van der Waals surface area (Å²) in [5, 5.41) is -19.6.